The Morgan fingerprint density at radius 3 is 2.48 bits per heavy atom. The smallest absolute Gasteiger partial charge is 0.252 e. The summed E-state index contributed by atoms with van der Waals surface area (Å²) in [5.74, 6) is -0.0558. The van der Waals surface area contributed by atoms with Crippen LogP contribution >= 0.6 is 0 Å². The molecule has 3 aromatic rings. The van der Waals surface area contributed by atoms with Crippen LogP contribution in [0.5, 0.6) is 5.88 Å². The van der Waals surface area contributed by atoms with Gasteiger partial charge in [0.15, 0.2) is 9.84 Å². The zero-order valence-corrected chi connectivity index (χ0v) is 16.9. The van der Waals surface area contributed by atoms with Gasteiger partial charge in [-0.3, -0.25) is 4.79 Å². The lowest BCUT2D eigenvalue weighted by atomic mass is 10.2. The monoisotopic (exact) mass is 410 g/mol. The zero-order valence-electron chi connectivity index (χ0n) is 16.0. The van der Waals surface area contributed by atoms with Gasteiger partial charge in [0, 0.05) is 18.8 Å². The van der Waals surface area contributed by atoms with Gasteiger partial charge >= 0.3 is 0 Å². The Bertz CT molecular complexity index is 1080. The van der Waals surface area contributed by atoms with Gasteiger partial charge in [0.05, 0.1) is 16.2 Å². The third-order valence-electron chi connectivity index (χ3n) is 4.33. The van der Waals surface area contributed by atoms with Crippen molar-refractivity contribution in [3.05, 3.63) is 89.6 Å². The fourth-order valence-electron chi connectivity index (χ4n) is 2.73. The van der Waals surface area contributed by atoms with Gasteiger partial charge in [-0.1, -0.05) is 49.4 Å². The average molecular weight is 410 g/mol. The van der Waals surface area contributed by atoms with Crippen molar-refractivity contribution in [1.82, 2.24) is 10.3 Å². The Labute approximate surface area is 170 Å². The van der Waals surface area contributed by atoms with Gasteiger partial charge in [0.1, 0.15) is 6.61 Å². The van der Waals surface area contributed by atoms with Crippen molar-refractivity contribution >= 4 is 15.7 Å². The summed E-state index contributed by atoms with van der Waals surface area (Å²) >= 11 is 0. The first-order valence-corrected chi connectivity index (χ1v) is 10.9. The van der Waals surface area contributed by atoms with Gasteiger partial charge < -0.3 is 10.1 Å². The molecule has 0 spiro atoms. The number of hydrogen-bond acceptors (Lipinski definition) is 5. The third-order valence-corrected chi connectivity index (χ3v) is 6.11. The van der Waals surface area contributed by atoms with Gasteiger partial charge in [0.2, 0.25) is 5.88 Å². The molecule has 1 N–H and O–H groups in total. The summed E-state index contributed by atoms with van der Waals surface area (Å²) in [4.78, 5) is 16.8. The SMILES string of the molecule is CCS(=O)(=O)c1ccccc1C(=O)NCc1ccnc(OCc2ccccc2)c1. The van der Waals surface area contributed by atoms with Crippen LogP contribution in [0.15, 0.2) is 77.8 Å². The van der Waals surface area contributed by atoms with Crippen molar-refractivity contribution in [1.29, 1.82) is 0 Å². The summed E-state index contributed by atoms with van der Waals surface area (Å²) in [6, 6.07) is 19.5. The van der Waals surface area contributed by atoms with E-state index in [-0.39, 0.29) is 22.8 Å². The van der Waals surface area contributed by atoms with Gasteiger partial charge in [-0.2, -0.15) is 0 Å². The molecule has 0 atom stereocenters. The molecule has 0 aliphatic heterocycles. The molecule has 7 heteroatoms. The summed E-state index contributed by atoms with van der Waals surface area (Å²) < 4.78 is 30.2. The fraction of sp³-hybridized carbons (Fsp3) is 0.182. The summed E-state index contributed by atoms with van der Waals surface area (Å²) in [6.45, 7) is 2.17. The Hall–Kier alpha value is -3.19. The lowest BCUT2D eigenvalue weighted by Gasteiger charge is -2.11. The van der Waals surface area contributed by atoms with Crippen molar-refractivity contribution in [2.24, 2.45) is 0 Å². The minimum Gasteiger partial charge on any atom is -0.473 e. The standard InChI is InChI=1S/C22H22N2O4S/c1-2-29(26,27)20-11-7-6-10-19(20)22(25)24-15-18-12-13-23-21(14-18)28-16-17-8-4-3-5-9-17/h3-14H,2,15-16H2,1H3,(H,24,25). The maximum absolute atomic E-state index is 12.6. The number of sulfone groups is 1. The normalized spacial score (nSPS) is 11.1. The van der Waals surface area contributed by atoms with Crippen LogP contribution in [-0.4, -0.2) is 25.1 Å². The van der Waals surface area contributed by atoms with E-state index in [1.54, 1.807) is 37.4 Å². The molecule has 6 nitrogen and oxygen atoms in total. The molecule has 29 heavy (non-hydrogen) atoms. The molecule has 0 radical (unpaired) electrons. The Morgan fingerprint density at radius 1 is 1.00 bits per heavy atom. The highest BCUT2D eigenvalue weighted by Crippen LogP contribution is 2.17. The van der Waals surface area contributed by atoms with E-state index in [1.807, 2.05) is 30.3 Å². The number of benzene rings is 2. The van der Waals surface area contributed by atoms with Crippen molar-refractivity contribution in [2.45, 2.75) is 25.0 Å². The van der Waals surface area contributed by atoms with E-state index < -0.39 is 15.7 Å². The van der Waals surface area contributed by atoms with E-state index in [4.69, 9.17) is 4.74 Å². The first-order valence-electron chi connectivity index (χ1n) is 9.21. The van der Waals surface area contributed by atoms with Gasteiger partial charge in [-0.25, -0.2) is 13.4 Å². The number of nitrogens with zero attached hydrogens (tertiary/aromatic N) is 1. The molecule has 3 rings (SSSR count). The topological polar surface area (TPSA) is 85.4 Å². The second-order valence-electron chi connectivity index (χ2n) is 6.36. The van der Waals surface area contributed by atoms with Crippen molar-refractivity contribution < 1.29 is 17.9 Å². The molecule has 0 saturated carbocycles. The summed E-state index contributed by atoms with van der Waals surface area (Å²) in [6.07, 6.45) is 1.61. The van der Waals surface area contributed by atoms with Crippen molar-refractivity contribution in [2.75, 3.05) is 5.75 Å². The fourth-order valence-corrected chi connectivity index (χ4v) is 3.82. The number of carbonyl (C=O) groups excluding carboxylic acids is 1. The van der Waals surface area contributed by atoms with E-state index in [1.165, 1.54) is 12.1 Å². The van der Waals surface area contributed by atoms with E-state index >= 15 is 0 Å². The highest BCUT2D eigenvalue weighted by molar-refractivity contribution is 7.91. The number of carbonyl (C=O) groups is 1. The highest BCUT2D eigenvalue weighted by atomic mass is 32.2. The number of hydrogen-bond donors (Lipinski definition) is 1. The minimum absolute atomic E-state index is 0.0432. The lowest BCUT2D eigenvalue weighted by molar-refractivity contribution is 0.0947. The highest BCUT2D eigenvalue weighted by Gasteiger charge is 2.20. The van der Waals surface area contributed by atoms with Gasteiger partial charge in [0.25, 0.3) is 5.91 Å². The largest absolute Gasteiger partial charge is 0.473 e. The van der Waals surface area contributed by atoms with Crippen LogP contribution in [0.3, 0.4) is 0 Å². The molecular weight excluding hydrogens is 388 g/mol. The molecule has 0 aliphatic rings. The molecule has 1 amide bonds. The Balaban J connectivity index is 1.66. The number of nitrogens with one attached hydrogen (secondary N) is 1. The quantitative estimate of drug-likeness (QED) is 0.615. The summed E-state index contributed by atoms with van der Waals surface area (Å²) in [5, 5.41) is 2.77. The first-order chi connectivity index (χ1) is 14.0. The van der Waals surface area contributed by atoms with E-state index in [2.05, 4.69) is 10.3 Å². The maximum atomic E-state index is 12.6. The lowest BCUT2D eigenvalue weighted by Crippen LogP contribution is -2.25. The predicted molar refractivity (Wildman–Crippen MR) is 110 cm³/mol. The number of ether oxygens (including phenoxy) is 1. The number of pyridine rings is 1. The minimum atomic E-state index is -3.49. The van der Waals surface area contributed by atoms with Gasteiger partial charge in [-0.15, -0.1) is 0 Å². The first kappa shape index (κ1) is 20.5. The van der Waals surface area contributed by atoms with E-state index in [0.717, 1.165) is 11.1 Å². The molecule has 0 saturated heterocycles. The number of amides is 1. The number of aromatic nitrogens is 1. The maximum Gasteiger partial charge on any atom is 0.252 e. The molecule has 0 bridgehead atoms. The van der Waals surface area contributed by atoms with Crippen molar-refractivity contribution in [3.63, 3.8) is 0 Å². The van der Waals surface area contributed by atoms with E-state index in [0.29, 0.717) is 12.5 Å². The molecule has 1 heterocycles. The van der Waals surface area contributed by atoms with Gasteiger partial charge in [-0.05, 0) is 29.3 Å². The average Bonchev–Trinajstić information content (AvgIpc) is 2.77. The second kappa shape index (κ2) is 9.34. The van der Waals surface area contributed by atoms with E-state index in [9.17, 15) is 13.2 Å². The molecule has 0 fully saturated rings. The molecule has 150 valence electrons. The van der Waals surface area contributed by atoms with Crippen LogP contribution in [0.25, 0.3) is 0 Å². The molecular formula is C22H22N2O4S. The Kier molecular flexibility index (Phi) is 6.61. The molecule has 1 aromatic heterocycles. The third kappa shape index (κ3) is 5.42. The van der Waals surface area contributed by atoms with Crippen LogP contribution in [-0.2, 0) is 23.0 Å². The zero-order chi connectivity index (χ0) is 20.7. The predicted octanol–water partition coefficient (Wildman–Crippen LogP) is 3.38. The van der Waals surface area contributed by atoms with Crippen molar-refractivity contribution in [3.8, 4) is 5.88 Å². The number of rotatable bonds is 8. The Morgan fingerprint density at radius 2 is 1.72 bits per heavy atom. The second-order valence-corrected chi connectivity index (χ2v) is 8.61. The van der Waals surface area contributed by atoms with Crippen LogP contribution in [0.2, 0.25) is 0 Å². The van der Waals surface area contributed by atoms with Crippen LogP contribution in [0.4, 0.5) is 0 Å². The molecule has 0 aliphatic carbocycles. The van der Waals surface area contributed by atoms with Crippen LogP contribution in [0, 0.1) is 0 Å². The summed E-state index contributed by atoms with van der Waals surface area (Å²) in [5.41, 5.74) is 1.97. The van der Waals surface area contributed by atoms with Crippen LogP contribution in [0.1, 0.15) is 28.4 Å². The molecule has 2 aromatic carbocycles. The van der Waals surface area contributed by atoms with Crippen LogP contribution < -0.4 is 10.1 Å². The summed E-state index contributed by atoms with van der Waals surface area (Å²) in [7, 11) is -3.49. The molecule has 0 unspecified atom stereocenters.